The van der Waals surface area contributed by atoms with Crippen molar-refractivity contribution < 1.29 is 19.8 Å². The van der Waals surface area contributed by atoms with Crippen molar-refractivity contribution in [1.29, 1.82) is 0 Å². The molecule has 1 aliphatic rings. The Morgan fingerprint density at radius 2 is 1.74 bits per heavy atom. The molecule has 1 aliphatic heterocycles. The third kappa shape index (κ3) is 2.26. The summed E-state index contributed by atoms with van der Waals surface area (Å²) in [5, 5.41) is 22.0. The number of fused-ring (bicyclic) bond motifs is 1. The summed E-state index contributed by atoms with van der Waals surface area (Å²) in [6.45, 7) is 3.24. The SMILES string of the molecule is CC1=C(C(=O)O)C(c2ncc3ccccn23)C(C(=O)O)=C(C)N1. The normalized spacial score (nSPS) is 15.9. The van der Waals surface area contributed by atoms with E-state index >= 15 is 0 Å². The second kappa shape index (κ2) is 5.28. The van der Waals surface area contributed by atoms with Gasteiger partial charge in [0, 0.05) is 17.6 Å². The van der Waals surface area contributed by atoms with Crippen LogP contribution in [0.15, 0.2) is 53.1 Å². The van der Waals surface area contributed by atoms with Crippen LogP contribution in [0.2, 0.25) is 0 Å². The summed E-state index contributed by atoms with van der Waals surface area (Å²) in [6, 6.07) is 5.44. The summed E-state index contributed by atoms with van der Waals surface area (Å²) in [4.78, 5) is 27.8. The molecule has 0 saturated heterocycles. The molecule has 0 saturated carbocycles. The molecular weight excluding hydrogens is 298 g/mol. The van der Waals surface area contributed by atoms with E-state index in [0.717, 1.165) is 5.52 Å². The Bertz CT molecular complexity index is 856. The van der Waals surface area contributed by atoms with Gasteiger partial charge >= 0.3 is 11.9 Å². The first-order chi connectivity index (χ1) is 10.9. The Kier molecular flexibility index (Phi) is 3.40. The van der Waals surface area contributed by atoms with Crippen molar-refractivity contribution >= 4 is 17.5 Å². The van der Waals surface area contributed by atoms with Crippen LogP contribution in [0.1, 0.15) is 25.6 Å². The van der Waals surface area contributed by atoms with Crippen LogP contribution in [0, 0.1) is 0 Å². The number of hydrogen-bond donors (Lipinski definition) is 3. The summed E-state index contributed by atoms with van der Waals surface area (Å²) in [5.41, 5.74) is 1.58. The fraction of sp³-hybridized carbons (Fsp3) is 0.188. The van der Waals surface area contributed by atoms with Crippen LogP contribution in [0.25, 0.3) is 5.52 Å². The van der Waals surface area contributed by atoms with Gasteiger partial charge in [-0.1, -0.05) is 6.07 Å². The average molecular weight is 313 g/mol. The number of pyridine rings is 1. The van der Waals surface area contributed by atoms with Crippen LogP contribution < -0.4 is 5.32 Å². The highest BCUT2D eigenvalue weighted by Crippen LogP contribution is 2.37. The molecule has 23 heavy (non-hydrogen) atoms. The quantitative estimate of drug-likeness (QED) is 0.797. The molecule has 3 N–H and O–H groups in total. The Balaban J connectivity index is 2.31. The van der Waals surface area contributed by atoms with Crippen LogP contribution in [0.3, 0.4) is 0 Å². The molecule has 0 bridgehead atoms. The minimum absolute atomic E-state index is 0.00986. The molecule has 2 aromatic heterocycles. The summed E-state index contributed by atoms with van der Waals surface area (Å²) in [7, 11) is 0. The number of imidazole rings is 1. The lowest BCUT2D eigenvalue weighted by atomic mass is 9.85. The molecule has 7 nitrogen and oxygen atoms in total. The van der Waals surface area contributed by atoms with Crippen LogP contribution >= 0.6 is 0 Å². The summed E-state index contributed by atoms with van der Waals surface area (Å²) in [5.74, 6) is -2.91. The number of aromatic nitrogens is 2. The first kappa shape index (κ1) is 14.8. The fourth-order valence-electron chi connectivity index (χ4n) is 3.00. The fourth-order valence-corrected chi connectivity index (χ4v) is 3.00. The van der Waals surface area contributed by atoms with E-state index in [1.54, 1.807) is 36.7 Å². The molecular formula is C16H15N3O4. The van der Waals surface area contributed by atoms with Crippen LogP contribution in [-0.2, 0) is 9.59 Å². The second-order valence-electron chi connectivity index (χ2n) is 5.36. The first-order valence-corrected chi connectivity index (χ1v) is 6.99. The average Bonchev–Trinajstić information content (AvgIpc) is 2.89. The van der Waals surface area contributed by atoms with Crippen LogP contribution in [-0.4, -0.2) is 31.5 Å². The van der Waals surface area contributed by atoms with Crippen molar-refractivity contribution in [2.24, 2.45) is 0 Å². The molecule has 118 valence electrons. The molecule has 3 heterocycles. The topological polar surface area (TPSA) is 104 Å². The van der Waals surface area contributed by atoms with E-state index in [1.807, 2.05) is 12.1 Å². The van der Waals surface area contributed by atoms with Gasteiger partial charge in [0.2, 0.25) is 0 Å². The Morgan fingerprint density at radius 1 is 1.13 bits per heavy atom. The molecule has 0 aromatic carbocycles. The van der Waals surface area contributed by atoms with E-state index in [1.165, 1.54) is 0 Å². The zero-order chi connectivity index (χ0) is 16.7. The van der Waals surface area contributed by atoms with Gasteiger partial charge in [-0.2, -0.15) is 0 Å². The smallest absolute Gasteiger partial charge is 0.334 e. The summed E-state index contributed by atoms with van der Waals surface area (Å²) in [6.07, 6.45) is 3.34. The van der Waals surface area contributed by atoms with Crippen LogP contribution in [0.4, 0.5) is 0 Å². The number of carboxylic acid groups (broad SMARTS) is 2. The minimum atomic E-state index is -1.17. The lowest BCUT2D eigenvalue weighted by Gasteiger charge is -2.27. The second-order valence-corrected chi connectivity index (χ2v) is 5.36. The van der Waals surface area contributed by atoms with Crippen molar-refractivity contribution in [2.75, 3.05) is 0 Å². The van der Waals surface area contributed by atoms with Gasteiger partial charge in [0.05, 0.1) is 28.8 Å². The molecule has 0 spiro atoms. The summed E-state index contributed by atoms with van der Waals surface area (Å²) >= 11 is 0. The van der Waals surface area contributed by atoms with E-state index in [2.05, 4.69) is 10.3 Å². The Labute approximate surface area is 131 Å². The molecule has 7 heteroatoms. The number of carbonyl (C=O) groups is 2. The van der Waals surface area contributed by atoms with Crippen molar-refractivity contribution in [3.05, 3.63) is 59.0 Å². The van der Waals surface area contributed by atoms with Crippen molar-refractivity contribution in [2.45, 2.75) is 19.8 Å². The van der Waals surface area contributed by atoms with Gasteiger partial charge in [0.1, 0.15) is 5.82 Å². The van der Waals surface area contributed by atoms with Crippen molar-refractivity contribution in [3.63, 3.8) is 0 Å². The van der Waals surface area contributed by atoms with Gasteiger partial charge in [0.15, 0.2) is 0 Å². The van der Waals surface area contributed by atoms with Gasteiger partial charge in [-0.05, 0) is 26.0 Å². The predicted octanol–water partition coefficient (Wildman–Crippen LogP) is 1.74. The van der Waals surface area contributed by atoms with Gasteiger partial charge in [0.25, 0.3) is 0 Å². The molecule has 2 aromatic rings. The highest BCUT2D eigenvalue weighted by atomic mass is 16.4. The van der Waals surface area contributed by atoms with Crippen LogP contribution in [0.5, 0.6) is 0 Å². The minimum Gasteiger partial charge on any atom is -0.478 e. The van der Waals surface area contributed by atoms with E-state index in [4.69, 9.17) is 0 Å². The summed E-state index contributed by atoms with van der Waals surface area (Å²) < 4.78 is 1.71. The Morgan fingerprint density at radius 3 is 2.30 bits per heavy atom. The lowest BCUT2D eigenvalue weighted by Crippen LogP contribution is -2.31. The molecule has 3 rings (SSSR count). The molecule has 0 fully saturated rings. The van der Waals surface area contributed by atoms with Gasteiger partial charge in [-0.3, -0.25) is 0 Å². The number of hydrogen-bond acceptors (Lipinski definition) is 4. The van der Waals surface area contributed by atoms with E-state index < -0.39 is 17.9 Å². The number of aliphatic carboxylic acids is 2. The molecule has 0 amide bonds. The monoisotopic (exact) mass is 313 g/mol. The van der Waals surface area contributed by atoms with Crippen molar-refractivity contribution in [3.8, 4) is 0 Å². The maximum Gasteiger partial charge on any atom is 0.334 e. The first-order valence-electron chi connectivity index (χ1n) is 6.99. The number of allylic oxidation sites excluding steroid dienone is 2. The van der Waals surface area contributed by atoms with Gasteiger partial charge < -0.3 is 19.9 Å². The zero-order valence-corrected chi connectivity index (χ0v) is 12.6. The molecule has 0 radical (unpaired) electrons. The maximum absolute atomic E-state index is 11.7. The van der Waals surface area contributed by atoms with Gasteiger partial charge in [-0.15, -0.1) is 0 Å². The van der Waals surface area contributed by atoms with Gasteiger partial charge in [-0.25, -0.2) is 14.6 Å². The molecule has 0 atom stereocenters. The number of nitrogens with one attached hydrogen (secondary N) is 1. The lowest BCUT2D eigenvalue weighted by molar-refractivity contribution is -0.133. The maximum atomic E-state index is 11.7. The predicted molar refractivity (Wildman–Crippen MR) is 81.7 cm³/mol. The van der Waals surface area contributed by atoms with E-state index in [9.17, 15) is 19.8 Å². The molecule has 0 unspecified atom stereocenters. The Hall–Kier alpha value is -3.09. The molecule has 0 aliphatic carbocycles. The largest absolute Gasteiger partial charge is 0.478 e. The number of carboxylic acids is 2. The van der Waals surface area contributed by atoms with E-state index in [-0.39, 0.29) is 11.1 Å². The standard InChI is InChI=1S/C16H15N3O4/c1-8-11(15(20)21)13(12(16(22)23)9(2)18-8)14-17-7-10-5-3-4-6-19(10)14/h3-7,13,18H,1-2H3,(H,20,21)(H,22,23). The van der Waals surface area contributed by atoms with Crippen molar-refractivity contribution in [1.82, 2.24) is 14.7 Å². The van der Waals surface area contributed by atoms with E-state index in [0.29, 0.717) is 17.2 Å². The third-order valence-corrected chi connectivity index (χ3v) is 3.95. The highest BCUT2D eigenvalue weighted by molar-refractivity contribution is 5.98. The zero-order valence-electron chi connectivity index (χ0n) is 12.6. The highest BCUT2D eigenvalue weighted by Gasteiger charge is 2.38. The number of dihydropyridines is 1. The number of rotatable bonds is 3. The number of nitrogens with zero attached hydrogens (tertiary/aromatic N) is 2. The third-order valence-electron chi connectivity index (χ3n) is 3.95.